The summed E-state index contributed by atoms with van der Waals surface area (Å²) in [5.41, 5.74) is 0.321. The van der Waals surface area contributed by atoms with Crippen molar-refractivity contribution in [1.29, 1.82) is 0 Å². The van der Waals surface area contributed by atoms with Crippen molar-refractivity contribution < 1.29 is 9.59 Å². The van der Waals surface area contributed by atoms with Crippen LogP contribution in [-0.4, -0.2) is 40.8 Å². The van der Waals surface area contributed by atoms with Crippen molar-refractivity contribution in [2.45, 2.75) is 25.8 Å². The van der Waals surface area contributed by atoms with Crippen LogP contribution in [0.25, 0.3) is 0 Å². The van der Waals surface area contributed by atoms with Crippen LogP contribution in [0.15, 0.2) is 18.2 Å². The lowest BCUT2D eigenvalue weighted by molar-refractivity contribution is -0.129. The van der Waals surface area contributed by atoms with E-state index < -0.39 is 0 Å². The van der Waals surface area contributed by atoms with Gasteiger partial charge in [0.1, 0.15) is 10.8 Å². The monoisotopic (exact) mass is 281 g/mol. The first-order valence-electron chi connectivity index (χ1n) is 6.25. The van der Waals surface area contributed by atoms with E-state index in [1.807, 2.05) is 0 Å². The molecule has 6 heteroatoms. The highest BCUT2D eigenvalue weighted by Gasteiger charge is 2.22. The smallest absolute Gasteiger partial charge is 0.270 e. The van der Waals surface area contributed by atoms with Crippen molar-refractivity contribution in [3.8, 4) is 0 Å². The average Bonchev–Trinajstić information content (AvgIpc) is 2.39. The third kappa shape index (κ3) is 3.67. The van der Waals surface area contributed by atoms with E-state index in [2.05, 4.69) is 10.3 Å². The van der Waals surface area contributed by atoms with Crippen LogP contribution in [0.3, 0.4) is 0 Å². The van der Waals surface area contributed by atoms with Crippen LogP contribution in [0.4, 0.5) is 0 Å². The first kappa shape index (κ1) is 13.8. The van der Waals surface area contributed by atoms with Crippen LogP contribution in [0.5, 0.6) is 0 Å². The van der Waals surface area contributed by atoms with Gasteiger partial charge in [-0.3, -0.25) is 9.59 Å². The number of likely N-dealkylation sites (tertiary alicyclic amines) is 1. The van der Waals surface area contributed by atoms with Gasteiger partial charge in [-0.2, -0.15) is 0 Å². The highest BCUT2D eigenvalue weighted by Crippen LogP contribution is 2.11. The van der Waals surface area contributed by atoms with Crippen molar-refractivity contribution in [3.63, 3.8) is 0 Å². The minimum absolute atomic E-state index is 0.0845. The van der Waals surface area contributed by atoms with E-state index in [0.717, 1.165) is 12.8 Å². The van der Waals surface area contributed by atoms with Crippen molar-refractivity contribution >= 4 is 23.4 Å². The second kappa shape index (κ2) is 6.02. The Morgan fingerprint density at radius 1 is 1.37 bits per heavy atom. The molecule has 2 amide bonds. The molecule has 0 saturated carbocycles. The SMILES string of the molecule is CC(=O)N1CCC(NC(=O)c2cccc(Cl)n2)CC1. The summed E-state index contributed by atoms with van der Waals surface area (Å²) in [6, 6.07) is 5.04. The molecule has 19 heavy (non-hydrogen) atoms. The van der Waals surface area contributed by atoms with Crippen LogP contribution in [0.1, 0.15) is 30.3 Å². The maximum Gasteiger partial charge on any atom is 0.270 e. The molecule has 1 aromatic rings. The molecule has 1 saturated heterocycles. The summed E-state index contributed by atoms with van der Waals surface area (Å²) < 4.78 is 0. The molecule has 1 N–H and O–H groups in total. The Morgan fingerprint density at radius 2 is 2.05 bits per heavy atom. The highest BCUT2D eigenvalue weighted by atomic mass is 35.5. The van der Waals surface area contributed by atoms with Gasteiger partial charge in [0.25, 0.3) is 5.91 Å². The fraction of sp³-hybridized carbons (Fsp3) is 0.462. The quantitative estimate of drug-likeness (QED) is 0.835. The summed E-state index contributed by atoms with van der Waals surface area (Å²) in [6.07, 6.45) is 1.54. The van der Waals surface area contributed by atoms with Crippen LogP contribution in [-0.2, 0) is 4.79 Å². The molecule has 0 atom stereocenters. The Labute approximate surface area is 117 Å². The maximum atomic E-state index is 12.0. The molecule has 1 fully saturated rings. The molecule has 2 rings (SSSR count). The molecular weight excluding hydrogens is 266 g/mol. The molecule has 1 aliphatic heterocycles. The Morgan fingerprint density at radius 3 is 2.63 bits per heavy atom. The van der Waals surface area contributed by atoms with Crippen LogP contribution in [0.2, 0.25) is 5.15 Å². The van der Waals surface area contributed by atoms with E-state index in [0.29, 0.717) is 23.9 Å². The molecule has 0 unspecified atom stereocenters. The standard InChI is InChI=1S/C13H16ClN3O2/c1-9(18)17-7-5-10(6-8-17)15-13(19)11-3-2-4-12(14)16-11/h2-4,10H,5-8H2,1H3,(H,15,19). The second-order valence-corrected chi connectivity index (χ2v) is 4.99. The molecule has 0 radical (unpaired) electrons. The molecule has 0 bridgehead atoms. The van der Waals surface area contributed by atoms with Gasteiger partial charge in [0, 0.05) is 26.1 Å². The Balaban J connectivity index is 1.89. The summed E-state index contributed by atoms with van der Waals surface area (Å²) in [6.45, 7) is 2.93. The minimum Gasteiger partial charge on any atom is -0.348 e. The third-order valence-corrected chi connectivity index (χ3v) is 3.43. The van der Waals surface area contributed by atoms with Gasteiger partial charge >= 0.3 is 0 Å². The summed E-state index contributed by atoms with van der Waals surface area (Å²) in [5, 5.41) is 3.23. The summed E-state index contributed by atoms with van der Waals surface area (Å²) >= 11 is 5.75. The van der Waals surface area contributed by atoms with Gasteiger partial charge in [-0.05, 0) is 25.0 Å². The third-order valence-electron chi connectivity index (χ3n) is 3.22. The Bertz CT molecular complexity index is 485. The van der Waals surface area contributed by atoms with Crippen LogP contribution < -0.4 is 5.32 Å². The number of pyridine rings is 1. The van der Waals surface area contributed by atoms with E-state index in [1.54, 1.807) is 30.0 Å². The van der Waals surface area contributed by atoms with Crippen molar-refractivity contribution in [2.24, 2.45) is 0 Å². The van der Waals surface area contributed by atoms with Gasteiger partial charge in [0.05, 0.1) is 0 Å². The zero-order valence-electron chi connectivity index (χ0n) is 10.7. The van der Waals surface area contributed by atoms with E-state index in [1.165, 1.54) is 0 Å². The largest absolute Gasteiger partial charge is 0.348 e. The van der Waals surface area contributed by atoms with Crippen molar-refractivity contribution in [1.82, 2.24) is 15.2 Å². The first-order chi connectivity index (χ1) is 9.06. The molecule has 2 heterocycles. The fourth-order valence-corrected chi connectivity index (χ4v) is 2.30. The molecule has 102 valence electrons. The van der Waals surface area contributed by atoms with Crippen molar-refractivity contribution in [2.75, 3.05) is 13.1 Å². The van der Waals surface area contributed by atoms with Gasteiger partial charge < -0.3 is 10.2 Å². The fourth-order valence-electron chi connectivity index (χ4n) is 2.13. The molecule has 1 aromatic heterocycles. The molecule has 0 aromatic carbocycles. The van der Waals surface area contributed by atoms with E-state index in [-0.39, 0.29) is 17.9 Å². The number of halogens is 1. The van der Waals surface area contributed by atoms with Crippen LogP contribution in [0, 0.1) is 0 Å². The topological polar surface area (TPSA) is 62.3 Å². The number of rotatable bonds is 2. The molecule has 0 aliphatic carbocycles. The number of hydrogen-bond acceptors (Lipinski definition) is 3. The molecule has 0 spiro atoms. The molecular formula is C13H16ClN3O2. The van der Waals surface area contributed by atoms with Crippen LogP contribution >= 0.6 is 11.6 Å². The van der Waals surface area contributed by atoms with Gasteiger partial charge in [-0.1, -0.05) is 17.7 Å². The lowest BCUT2D eigenvalue weighted by Gasteiger charge is -2.31. The predicted molar refractivity (Wildman–Crippen MR) is 72.0 cm³/mol. The predicted octanol–water partition coefficient (Wildman–Crippen LogP) is 1.48. The zero-order chi connectivity index (χ0) is 13.8. The lowest BCUT2D eigenvalue weighted by Crippen LogP contribution is -2.46. The van der Waals surface area contributed by atoms with Crippen molar-refractivity contribution in [3.05, 3.63) is 29.0 Å². The van der Waals surface area contributed by atoms with Gasteiger partial charge in [-0.15, -0.1) is 0 Å². The zero-order valence-corrected chi connectivity index (χ0v) is 11.5. The number of nitrogens with zero attached hydrogens (tertiary/aromatic N) is 2. The van der Waals surface area contributed by atoms with Gasteiger partial charge in [0.15, 0.2) is 0 Å². The molecule has 5 nitrogen and oxygen atoms in total. The number of aromatic nitrogens is 1. The lowest BCUT2D eigenvalue weighted by atomic mass is 10.0. The Kier molecular flexibility index (Phi) is 4.37. The number of amides is 2. The number of carbonyl (C=O) groups is 2. The van der Waals surface area contributed by atoms with E-state index in [4.69, 9.17) is 11.6 Å². The highest BCUT2D eigenvalue weighted by molar-refractivity contribution is 6.29. The Hall–Kier alpha value is -1.62. The summed E-state index contributed by atoms with van der Waals surface area (Å²) in [5.74, 6) is -0.134. The van der Waals surface area contributed by atoms with E-state index in [9.17, 15) is 9.59 Å². The van der Waals surface area contributed by atoms with Gasteiger partial charge in [0.2, 0.25) is 5.91 Å². The number of hydrogen-bond donors (Lipinski definition) is 1. The second-order valence-electron chi connectivity index (χ2n) is 4.60. The summed E-state index contributed by atoms with van der Waals surface area (Å²) in [4.78, 5) is 28.9. The first-order valence-corrected chi connectivity index (χ1v) is 6.63. The normalized spacial score (nSPS) is 16.2. The minimum atomic E-state index is -0.219. The number of carbonyl (C=O) groups excluding carboxylic acids is 2. The average molecular weight is 282 g/mol. The maximum absolute atomic E-state index is 12.0. The molecule has 1 aliphatic rings. The summed E-state index contributed by atoms with van der Waals surface area (Å²) in [7, 11) is 0. The number of nitrogens with one attached hydrogen (secondary N) is 1. The van der Waals surface area contributed by atoms with Gasteiger partial charge in [-0.25, -0.2) is 4.98 Å². The van der Waals surface area contributed by atoms with E-state index >= 15 is 0 Å². The number of piperidine rings is 1.